The van der Waals surface area contributed by atoms with E-state index in [1.165, 1.54) is 14.6 Å². The molecule has 2 unspecified atom stereocenters. The molecule has 0 radical (unpaired) electrons. The molecule has 2 atom stereocenters. The van der Waals surface area contributed by atoms with Gasteiger partial charge in [-0.1, -0.05) is 32.9 Å². The number of nitrogens with zero attached hydrogens (tertiary/aromatic N) is 3. The molecule has 1 aromatic heterocycles. The molecular formula is C24H32N4O2S. The first-order valence-electron chi connectivity index (χ1n) is 11.5. The second-order valence-corrected chi connectivity index (χ2v) is 11.7. The summed E-state index contributed by atoms with van der Waals surface area (Å²) in [6.45, 7) is 8.77. The summed E-state index contributed by atoms with van der Waals surface area (Å²) in [5.74, 6) is 0.867. The molecule has 1 aliphatic carbocycles. The number of carbonyl (C=O) groups excluding carboxylic acids is 2. The first kappa shape index (κ1) is 20.9. The number of amides is 3. The Morgan fingerprint density at radius 3 is 2.61 bits per heavy atom. The number of thiazole rings is 1. The Morgan fingerprint density at radius 1 is 1.16 bits per heavy atom. The Kier molecular flexibility index (Phi) is 5.09. The Hall–Kier alpha value is -1.99. The summed E-state index contributed by atoms with van der Waals surface area (Å²) in [4.78, 5) is 34.7. The van der Waals surface area contributed by atoms with Crippen molar-refractivity contribution in [1.82, 2.24) is 20.1 Å². The van der Waals surface area contributed by atoms with Crippen molar-refractivity contribution in [2.24, 2.45) is 11.3 Å². The molecule has 1 saturated carbocycles. The molecule has 1 aromatic carbocycles. The number of para-hydroxylation sites is 1. The van der Waals surface area contributed by atoms with E-state index in [9.17, 15) is 9.59 Å². The van der Waals surface area contributed by atoms with Gasteiger partial charge in [-0.25, -0.2) is 14.7 Å². The summed E-state index contributed by atoms with van der Waals surface area (Å²) in [5.41, 5.74) is 0.434. The molecule has 5 rings (SSSR count). The molecule has 3 fully saturated rings. The van der Waals surface area contributed by atoms with E-state index >= 15 is 0 Å². The van der Waals surface area contributed by atoms with Gasteiger partial charge in [-0.3, -0.25) is 9.69 Å². The topological polar surface area (TPSA) is 65.5 Å². The molecule has 3 amide bonds. The van der Waals surface area contributed by atoms with E-state index in [1.807, 2.05) is 6.07 Å². The van der Waals surface area contributed by atoms with Crippen LogP contribution in [0.1, 0.15) is 63.8 Å². The minimum Gasteiger partial charge on any atom is -0.323 e. The highest BCUT2D eigenvalue weighted by molar-refractivity contribution is 7.18. The first-order chi connectivity index (χ1) is 14.7. The third-order valence-electron chi connectivity index (χ3n) is 7.21. The van der Waals surface area contributed by atoms with Crippen LogP contribution in [0.15, 0.2) is 24.3 Å². The van der Waals surface area contributed by atoms with Gasteiger partial charge in [0.15, 0.2) is 0 Å². The minimum atomic E-state index is -0.711. The van der Waals surface area contributed by atoms with Crippen LogP contribution >= 0.6 is 11.3 Å². The smallest absolute Gasteiger partial charge is 0.323 e. The average molecular weight is 441 g/mol. The van der Waals surface area contributed by atoms with Gasteiger partial charge < -0.3 is 5.32 Å². The summed E-state index contributed by atoms with van der Waals surface area (Å²) < 4.78 is 1.24. The van der Waals surface area contributed by atoms with Gasteiger partial charge in [0, 0.05) is 19.0 Å². The predicted octanol–water partition coefficient (Wildman–Crippen LogP) is 4.57. The molecule has 0 bridgehead atoms. The zero-order valence-corrected chi connectivity index (χ0v) is 19.5. The van der Waals surface area contributed by atoms with Crippen molar-refractivity contribution in [3.8, 4) is 0 Å². The largest absolute Gasteiger partial charge is 0.326 e. The molecule has 2 saturated heterocycles. The van der Waals surface area contributed by atoms with Gasteiger partial charge in [-0.2, -0.15) is 0 Å². The monoisotopic (exact) mass is 440 g/mol. The van der Waals surface area contributed by atoms with Crippen LogP contribution in [0.3, 0.4) is 0 Å². The molecule has 7 heteroatoms. The minimum absolute atomic E-state index is 0.0228. The molecular weight excluding hydrogens is 408 g/mol. The van der Waals surface area contributed by atoms with Crippen molar-refractivity contribution < 1.29 is 9.59 Å². The number of piperidine rings is 1. The van der Waals surface area contributed by atoms with Gasteiger partial charge in [0.25, 0.3) is 5.91 Å². The van der Waals surface area contributed by atoms with Crippen LogP contribution in [0.2, 0.25) is 0 Å². The molecule has 166 valence electrons. The summed E-state index contributed by atoms with van der Waals surface area (Å²) in [5, 5.41) is 4.31. The maximum absolute atomic E-state index is 13.4. The third kappa shape index (κ3) is 3.87. The van der Waals surface area contributed by atoms with Gasteiger partial charge in [-0.15, -0.1) is 11.3 Å². The van der Waals surface area contributed by atoms with E-state index in [1.54, 1.807) is 11.3 Å². The Labute approximate surface area is 188 Å². The number of aromatic nitrogens is 1. The highest BCUT2D eigenvalue weighted by atomic mass is 32.1. The van der Waals surface area contributed by atoms with E-state index in [-0.39, 0.29) is 17.4 Å². The Morgan fingerprint density at radius 2 is 1.90 bits per heavy atom. The summed E-state index contributed by atoms with van der Waals surface area (Å²) in [6, 6.07) is 8.08. The normalized spacial score (nSPS) is 29.8. The molecule has 3 aliphatic rings. The number of urea groups is 1. The average Bonchev–Trinajstić information content (AvgIpc) is 3.22. The number of hydrogen-bond donors (Lipinski definition) is 1. The number of likely N-dealkylation sites (tertiary alicyclic amines) is 1. The van der Waals surface area contributed by atoms with Gasteiger partial charge in [-0.05, 0) is 55.6 Å². The number of carbonyl (C=O) groups is 2. The van der Waals surface area contributed by atoms with Crippen molar-refractivity contribution in [2.45, 2.75) is 64.3 Å². The zero-order chi connectivity index (χ0) is 21.8. The number of rotatable bonds is 3. The van der Waals surface area contributed by atoms with Crippen LogP contribution in [-0.4, -0.2) is 52.0 Å². The number of hydrogen-bond acceptors (Lipinski definition) is 5. The number of nitrogens with one attached hydrogen (secondary N) is 1. The molecule has 31 heavy (non-hydrogen) atoms. The van der Waals surface area contributed by atoms with Crippen molar-refractivity contribution in [3.63, 3.8) is 0 Å². The molecule has 2 aromatic rings. The molecule has 6 nitrogen and oxygen atoms in total. The fourth-order valence-electron chi connectivity index (χ4n) is 6.22. The van der Waals surface area contributed by atoms with Crippen LogP contribution in [0.4, 0.5) is 4.79 Å². The molecule has 1 N–H and O–H groups in total. The van der Waals surface area contributed by atoms with Gasteiger partial charge in [0.1, 0.15) is 5.54 Å². The SMILES string of the molecule is CC1CC(C)(C)CC2(C1)NC(=O)N(CN1CCC(c3nc4ccccc4s3)CC1)C2=O. The van der Waals surface area contributed by atoms with E-state index in [4.69, 9.17) is 4.98 Å². The Balaban J connectivity index is 1.23. The lowest BCUT2D eigenvalue weighted by Gasteiger charge is -2.44. The van der Waals surface area contributed by atoms with Crippen molar-refractivity contribution in [3.05, 3.63) is 29.3 Å². The fourth-order valence-corrected chi connectivity index (χ4v) is 7.36. The van der Waals surface area contributed by atoms with Crippen LogP contribution in [-0.2, 0) is 4.79 Å². The quantitative estimate of drug-likeness (QED) is 0.710. The number of imide groups is 1. The maximum Gasteiger partial charge on any atom is 0.326 e. The van der Waals surface area contributed by atoms with E-state index in [0.29, 0.717) is 18.5 Å². The Bertz CT molecular complexity index is 977. The van der Waals surface area contributed by atoms with Gasteiger partial charge in [0.2, 0.25) is 0 Å². The van der Waals surface area contributed by atoms with Crippen LogP contribution in [0.5, 0.6) is 0 Å². The molecule has 3 heterocycles. The number of benzene rings is 1. The van der Waals surface area contributed by atoms with Gasteiger partial charge >= 0.3 is 6.03 Å². The summed E-state index contributed by atoms with van der Waals surface area (Å²) in [7, 11) is 0. The van der Waals surface area contributed by atoms with E-state index in [0.717, 1.165) is 50.7 Å². The van der Waals surface area contributed by atoms with Crippen molar-refractivity contribution in [1.29, 1.82) is 0 Å². The van der Waals surface area contributed by atoms with E-state index in [2.05, 4.69) is 49.2 Å². The standard InChI is InChI=1S/C24H32N4O2S/c1-16-12-23(2,3)14-24(13-16)21(29)28(22(30)26-24)15-27-10-8-17(9-11-27)20-25-18-6-4-5-7-19(18)31-20/h4-7,16-17H,8-15H2,1-3H3,(H,26,30). The van der Waals surface area contributed by atoms with Gasteiger partial charge in [0.05, 0.1) is 21.9 Å². The third-order valence-corrected chi connectivity index (χ3v) is 8.41. The number of fused-ring (bicyclic) bond motifs is 1. The maximum atomic E-state index is 13.4. The molecule has 2 aliphatic heterocycles. The first-order valence-corrected chi connectivity index (χ1v) is 12.3. The predicted molar refractivity (Wildman–Crippen MR) is 123 cm³/mol. The summed E-state index contributed by atoms with van der Waals surface area (Å²) >= 11 is 1.79. The highest BCUT2D eigenvalue weighted by Crippen LogP contribution is 2.46. The van der Waals surface area contributed by atoms with E-state index < -0.39 is 5.54 Å². The lowest BCUT2D eigenvalue weighted by atomic mass is 9.64. The molecule has 1 spiro atoms. The zero-order valence-electron chi connectivity index (χ0n) is 18.7. The van der Waals surface area contributed by atoms with Crippen molar-refractivity contribution >= 4 is 33.5 Å². The second-order valence-electron chi connectivity index (χ2n) is 10.7. The van der Waals surface area contributed by atoms with Crippen LogP contribution in [0.25, 0.3) is 10.2 Å². The van der Waals surface area contributed by atoms with Crippen LogP contribution in [0, 0.1) is 11.3 Å². The van der Waals surface area contributed by atoms with Crippen molar-refractivity contribution in [2.75, 3.05) is 19.8 Å². The fraction of sp³-hybridized carbons (Fsp3) is 0.625. The highest BCUT2D eigenvalue weighted by Gasteiger charge is 2.56. The second kappa shape index (κ2) is 7.55. The lowest BCUT2D eigenvalue weighted by molar-refractivity contribution is -0.136. The summed E-state index contributed by atoms with van der Waals surface area (Å²) in [6.07, 6.45) is 4.59. The lowest BCUT2D eigenvalue weighted by Crippen LogP contribution is -2.54. The van der Waals surface area contributed by atoms with Crippen LogP contribution < -0.4 is 5.32 Å².